The third-order valence-electron chi connectivity index (χ3n) is 17.3. The van der Waals surface area contributed by atoms with E-state index in [1.807, 2.05) is 104 Å². The molecule has 6 heterocycles. The molecule has 0 saturated carbocycles. The zero-order valence-corrected chi connectivity index (χ0v) is 73.0. The van der Waals surface area contributed by atoms with Crippen molar-refractivity contribution in [3.8, 4) is 99.3 Å². The first-order valence-corrected chi connectivity index (χ1v) is 45.1. The van der Waals surface area contributed by atoms with Crippen LogP contribution in [0.4, 0.5) is 0 Å². The molecule has 0 radical (unpaired) electrons. The average molecular weight is 1890 g/mol. The van der Waals surface area contributed by atoms with Crippen LogP contribution in [0, 0.1) is 13.8 Å². The SMILES string of the molecule is Cc1ccc(-c2c3nsnc3c(-c3ccc(-c4c5nsnc5c(C)c5nc(-c6ccc(OCCOCCOCCOCCBr)cc6)c(-c6ccc(OCCOCCOCCOCCBr)cc6)nc45)s3)c3nc(-c4ccc(OCCOCCOCCOCCBr)cc4)c(-c4ccc(OCCOCCOCCOCCBr)cc4)nc23)s1. The van der Waals surface area contributed by atoms with Gasteiger partial charge in [-0.3, -0.25) is 0 Å². The minimum atomic E-state index is 0.342. The van der Waals surface area contributed by atoms with Crippen LogP contribution >= 0.6 is 110 Å². The Kier molecular flexibility index (Phi) is 36.6. The van der Waals surface area contributed by atoms with E-state index in [4.69, 9.17) is 113 Å². The Morgan fingerprint density at radius 3 is 0.737 bits per heavy atom. The van der Waals surface area contributed by atoms with Gasteiger partial charge in [0.05, 0.1) is 210 Å². The zero-order valence-electron chi connectivity index (χ0n) is 63.4. The van der Waals surface area contributed by atoms with E-state index in [2.05, 4.69) is 94.9 Å². The van der Waals surface area contributed by atoms with Crippen molar-refractivity contribution in [1.29, 1.82) is 0 Å². The Morgan fingerprint density at radius 2 is 0.465 bits per heavy atom. The summed E-state index contributed by atoms with van der Waals surface area (Å²) in [5.74, 6) is 2.71. The smallest absolute Gasteiger partial charge is 0.119 e. The van der Waals surface area contributed by atoms with Gasteiger partial charge < -0.3 is 75.8 Å². The standard InChI is InChI=1S/C82H90Br4N8O16S4/c1-55-3-20-65(111-55)68-78-79(90-76(60-10-18-64(19-11-60)110-54-50-106-46-42-102-38-34-98-30-26-86)75(89-78)59-8-16-63(17-9-59)109-53-49-105-45-41-101-37-33-97-29-25-85)70(82-81(68)93-114-94-82)67-22-21-66(112-67)69-77-71(56(2)72-80(69)92-113-91-72)87-73(57-4-12-61(13-5-57)107-51-47-103-43-39-99-35-31-95-27-23-83)74(88-77)58-6-14-62(15-7-58)108-52-48-104-44-40-100-36-32-96-28-24-84/h3-22H,23-54H2,1-2H3. The number of alkyl halides is 4. The summed E-state index contributed by atoms with van der Waals surface area (Å²) >= 11 is 19.1. The van der Waals surface area contributed by atoms with Crippen molar-refractivity contribution < 1.29 is 75.8 Å². The second-order valence-electron chi connectivity index (χ2n) is 25.1. The largest absolute Gasteiger partial charge is 0.491 e. The number of rotatable bonds is 55. The second kappa shape index (κ2) is 47.9. The lowest BCUT2D eigenvalue weighted by Gasteiger charge is -2.16. The molecule has 0 fully saturated rings. The third-order valence-corrected chi connectivity index (χ3v) is 21.8. The molecule has 0 saturated heterocycles. The molecule has 0 bridgehead atoms. The summed E-state index contributed by atoms with van der Waals surface area (Å²) in [7, 11) is 0. The Morgan fingerprint density at radius 1 is 0.237 bits per heavy atom. The van der Waals surface area contributed by atoms with Crippen LogP contribution in [0.3, 0.4) is 0 Å². The molecule has 0 N–H and O–H groups in total. The van der Waals surface area contributed by atoms with Crippen molar-refractivity contribution in [1.82, 2.24) is 37.4 Å². The molecule has 606 valence electrons. The van der Waals surface area contributed by atoms with Crippen LogP contribution in [-0.4, -0.2) is 244 Å². The van der Waals surface area contributed by atoms with Gasteiger partial charge in [0.15, 0.2) is 0 Å². The Bertz CT molecular complexity index is 4880. The van der Waals surface area contributed by atoms with E-state index in [1.54, 1.807) is 22.7 Å². The number of hydrogen-bond donors (Lipinski definition) is 0. The maximum atomic E-state index is 6.24. The first kappa shape index (κ1) is 87.0. The number of thiophene rings is 2. The number of halogens is 4. The molecule has 0 aliphatic carbocycles. The number of ether oxygens (including phenoxy) is 16. The van der Waals surface area contributed by atoms with E-state index >= 15 is 0 Å². The maximum Gasteiger partial charge on any atom is 0.119 e. The lowest BCUT2D eigenvalue weighted by Crippen LogP contribution is -2.13. The third kappa shape index (κ3) is 24.9. The van der Waals surface area contributed by atoms with Gasteiger partial charge in [0, 0.05) is 85.3 Å². The molecule has 0 spiro atoms. The van der Waals surface area contributed by atoms with E-state index in [9.17, 15) is 0 Å². The van der Waals surface area contributed by atoms with Gasteiger partial charge in [-0.1, -0.05) is 63.7 Å². The number of hydrogen-bond acceptors (Lipinski definition) is 28. The summed E-state index contributed by atoms with van der Waals surface area (Å²) in [6.07, 6.45) is 0. The molecule has 6 aromatic heterocycles. The first-order chi connectivity index (χ1) is 56.3. The molecule has 12 aromatic rings. The van der Waals surface area contributed by atoms with Gasteiger partial charge in [0.25, 0.3) is 0 Å². The molecule has 24 nitrogen and oxygen atoms in total. The lowest BCUT2D eigenvalue weighted by molar-refractivity contribution is 0.0119. The fourth-order valence-electron chi connectivity index (χ4n) is 12.0. The van der Waals surface area contributed by atoms with E-state index < -0.39 is 0 Å². The van der Waals surface area contributed by atoms with Gasteiger partial charge >= 0.3 is 0 Å². The van der Waals surface area contributed by atoms with Crippen molar-refractivity contribution in [2.45, 2.75) is 13.8 Å². The fourth-order valence-corrected chi connectivity index (χ4v) is 16.1. The van der Waals surface area contributed by atoms with Crippen LogP contribution in [0.15, 0.2) is 121 Å². The van der Waals surface area contributed by atoms with Gasteiger partial charge in [-0.15, -0.1) is 22.7 Å². The van der Waals surface area contributed by atoms with Crippen LogP contribution in [0.2, 0.25) is 0 Å². The molecule has 0 amide bonds. The summed E-state index contributed by atoms with van der Waals surface area (Å²) < 4.78 is 113. The van der Waals surface area contributed by atoms with E-state index in [0.29, 0.717) is 264 Å². The molecule has 0 atom stereocenters. The van der Waals surface area contributed by atoms with Crippen LogP contribution in [0.25, 0.3) is 120 Å². The molecule has 32 heteroatoms. The Labute approximate surface area is 712 Å². The topological polar surface area (TPSA) is 251 Å². The highest BCUT2D eigenvalue weighted by atomic mass is 79.9. The van der Waals surface area contributed by atoms with Gasteiger partial charge in [0.1, 0.15) is 88.0 Å². The van der Waals surface area contributed by atoms with Crippen molar-refractivity contribution in [2.24, 2.45) is 0 Å². The Hall–Kier alpha value is -6.32. The monoisotopic (exact) mass is 1890 g/mol. The Balaban J connectivity index is 0.886. The van der Waals surface area contributed by atoms with E-state index in [0.717, 1.165) is 120 Å². The number of aryl methyl sites for hydroxylation is 2. The zero-order chi connectivity index (χ0) is 78.7. The summed E-state index contributed by atoms with van der Waals surface area (Å²) in [6.45, 7) is 17.4. The summed E-state index contributed by atoms with van der Waals surface area (Å²) in [6, 6.07) is 40.2. The van der Waals surface area contributed by atoms with Gasteiger partial charge in [-0.05, 0) is 135 Å². The highest BCUT2D eigenvalue weighted by Crippen LogP contribution is 2.50. The second-order valence-corrected chi connectivity index (χ2v) is 31.7. The minimum Gasteiger partial charge on any atom is -0.491 e. The number of fused-ring (bicyclic) bond motifs is 4. The van der Waals surface area contributed by atoms with Crippen LogP contribution < -0.4 is 18.9 Å². The van der Waals surface area contributed by atoms with Crippen molar-refractivity contribution in [3.05, 3.63) is 132 Å². The summed E-state index contributed by atoms with van der Waals surface area (Å²) in [4.78, 5) is 26.8. The number of aromatic nitrogens is 8. The molecular formula is C82H90Br4N8O16S4. The van der Waals surface area contributed by atoms with Crippen LogP contribution in [0.1, 0.15) is 10.4 Å². The molecular weight excluding hydrogens is 1800 g/mol. The van der Waals surface area contributed by atoms with Crippen molar-refractivity contribution in [3.63, 3.8) is 0 Å². The molecule has 0 unspecified atom stereocenters. The normalized spacial score (nSPS) is 11.7. The molecule has 0 aliphatic heterocycles. The maximum absolute atomic E-state index is 6.24. The predicted molar refractivity (Wildman–Crippen MR) is 465 cm³/mol. The van der Waals surface area contributed by atoms with Gasteiger partial charge in [-0.25, -0.2) is 19.9 Å². The predicted octanol–water partition coefficient (Wildman–Crippen LogP) is 17.3. The fraction of sp³-hybridized carbons (Fsp3) is 0.415. The highest BCUT2D eigenvalue weighted by Gasteiger charge is 2.29. The van der Waals surface area contributed by atoms with Crippen molar-refractivity contribution in [2.75, 3.05) is 206 Å². The van der Waals surface area contributed by atoms with Gasteiger partial charge in [-0.2, -0.15) is 17.5 Å². The molecule has 114 heavy (non-hydrogen) atoms. The van der Waals surface area contributed by atoms with Gasteiger partial charge in [0.2, 0.25) is 0 Å². The van der Waals surface area contributed by atoms with E-state index in [-0.39, 0.29) is 0 Å². The minimum absolute atomic E-state index is 0.342. The van der Waals surface area contributed by atoms with Crippen LogP contribution in [0.5, 0.6) is 23.0 Å². The first-order valence-electron chi connectivity index (χ1n) is 37.6. The summed E-state index contributed by atoms with van der Waals surface area (Å²) in [5, 5.41) is 3.15. The number of benzene rings is 6. The van der Waals surface area contributed by atoms with Crippen molar-refractivity contribution >= 4 is 154 Å². The number of nitrogens with zero attached hydrogens (tertiary/aromatic N) is 8. The molecule has 6 aromatic carbocycles. The quantitative estimate of drug-likeness (QED) is 0.0254. The lowest BCUT2D eigenvalue weighted by atomic mass is 9.99. The average Bonchev–Trinajstić information content (AvgIpc) is 1.45. The van der Waals surface area contributed by atoms with E-state index in [1.165, 1.54) is 0 Å². The van der Waals surface area contributed by atoms with Crippen LogP contribution in [-0.2, 0) is 56.8 Å². The molecule has 12 rings (SSSR count). The molecule has 0 aliphatic rings. The summed E-state index contributed by atoms with van der Waals surface area (Å²) in [5.41, 5.74) is 14.7. The highest BCUT2D eigenvalue weighted by molar-refractivity contribution is 9.09.